The lowest BCUT2D eigenvalue weighted by molar-refractivity contribution is -0.104. The van der Waals surface area contributed by atoms with Gasteiger partial charge in [-0.3, -0.25) is 0 Å². The van der Waals surface area contributed by atoms with E-state index >= 15 is 0 Å². The highest BCUT2D eigenvalue weighted by Crippen LogP contribution is 2.62. The van der Waals surface area contributed by atoms with E-state index in [9.17, 15) is 0 Å². The molecule has 0 aromatic rings. The number of fused-ring (bicyclic) bond motifs is 4. The van der Waals surface area contributed by atoms with Crippen molar-refractivity contribution in [3.63, 3.8) is 0 Å². The van der Waals surface area contributed by atoms with Crippen molar-refractivity contribution < 1.29 is 0 Å². The van der Waals surface area contributed by atoms with Crippen LogP contribution < -0.4 is 10.6 Å². The highest BCUT2D eigenvalue weighted by Gasteiger charge is 2.54. The van der Waals surface area contributed by atoms with Crippen LogP contribution in [0.5, 0.6) is 0 Å². The standard InChI is InChI=1S/C22H40N2/c1-21(2)17-7-5-15(19(21)11-17)13-23-9-10-24-14-16-6-8-18-12-20(16)22(18,3)4/h15-20,23-24H,5-14H2,1-4H3/t15-,16+,17-,18+,19-,20+. The van der Waals surface area contributed by atoms with Crippen molar-refractivity contribution >= 4 is 0 Å². The zero-order valence-electron chi connectivity index (χ0n) is 16.5. The molecule has 2 heteroatoms. The first-order chi connectivity index (χ1) is 11.4. The molecule has 6 aliphatic carbocycles. The average Bonchev–Trinajstić information content (AvgIpc) is 2.57. The summed E-state index contributed by atoms with van der Waals surface area (Å²) >= 11 is 0. The molecule has 0 unspecified atom stereocenters. The third-order valence-corrected chi connectivity index (χ3v) is 9.29. The van der Waals surface area contributed by atoms with Gasteiger partial charge in [0.2, 0.25) is 0 Å². The van der Waals surface area contributed by atoms with Crippen molar-refractivity contribution in [2.24, 2.45) is 46.3 Å². The van der Waals surface area contributed by atoms with E-state index < -0.39 is 0 Å². The Kier molecular flexibility index (Phi) is 4.53. The summed E-state index contributed by atoms with van der Waals surface area (Å²) in [7, 11) is 0. The largest absolute Gasteiger partial charge is 0.315 e. The van der Waals surface area contributed by atoms with Gasteiger partial charge in [0.15, 0.2) is 0 Å². The fraction of sp³-hybridized carbons (Fsp3) is 1.00. The zero-order chi connectivity index (χ0) is 16.9. The second-order valence-corrected chi connectivity index (χ2v) is 10.8. The minimum absolute atomic E-state index is 0.636. The molecule has 0 saturated heterocycles. The van der Waals surface area contributed by atoms with Crippen LogP contribution in [0.3, 0.4) is 0 Å². The summed E-state index contributed by atoms with van der Waals surface area (Å²) in [5, 5.41) is 7.52. The lowest BCUT2D eigenvalue weighted by Gasteiger charge is -2.60. The SMILES string of the molecule is CC1(C)[C@@H]2CC[C@H](CNCCNC[C@@H]3CC[C@H]4C[C@@H]3C4(C)C)[C@H]1C2. The van der Waals surface area contributed by atoms with E-state index in [1.165, 1.54) is 51.6 Å². The van der Waals surface area contributed by atoms with Gasteiger partial charge in [0.05, 0.1) is 0 Å². The Bertz CT molecular complexity index is 409. The molecule has 0 aromatic carbocycles. The summed E-state index contributed by atoms with van der Waals surface area (Å²) in [5.41, 5.74) is 1.27. The van der Waals surface area contributed by atoms with Crippen LogP contribution in [0.15, 0.2) is 0 Å². The molecule has 0 aliphatic heterocycles. The molecule has 0 spiro atoms. The van der Waals surface area contributed by atoms with Crippen LogP contribution in [0.25, 0.3) is 0 Å². The Morgan fingerprint density at radius 1 is 0.667 bits per heavy atom. The Labute approximate surface area is 149 Å². The van der Waals surface area contributed by atoms with Crippen LogP contribution in [0.1, 0.15) is 66.2 Å². The lowest BCUT2D eigenvalue weighted by atomic mass is 9.45. The van der Waals surface area contributed by atoms with Gasteiger partial charge in [0, 0.05) is 13.1 Å². The van der Waals surface area contributed by atoms with E-state index in [0.29, 0.717) is 10.8 Å². The molecule has 4 bridgehead atoms. The molecule has 6 atom stereocenters. The maximum Gasteiger partial charge on any atom is 0.00768 e. The quantitative estimate of drug-likeness (QED) is 0.679. The maximum atomic E-state index is 3.76. The summed E-state index contributed by atoms with van der Waals surface area (Å²) in [6.07, 6.45) is 8.93. The highest BCUT2D eigenvalue weighted by molar-refractivity contribution is 5.04. The summed E-state index contributed by atoms with van der Waals surface area (Å²) in [6, 6.07) is 0. The smallest absolute Gasteiger partial charge is 0.00768 e. The summed E-state index contributed by atoms with van der Waals surface area (Å²) < 4.78 is 0. The zero-order valence-corrected chi connectivity index (χ0v) is 16.5. The van der Waals surface area contributed by atoms with Crippen LogP contribution in [0.4, 0.5) is 0 Å². The molecule has 0 aromatic heterocycles. The number of hydrogen-bond donors (Lipinski definition) is 2. The van der Waals surface area contributed by atoms with E-state index in [4.69, 9.17) is 0 Å². The van der Waals surface area contributed by atoms with Crippen molar-refractivity contribution in [2.75, 3.05) is 26.2 Å². The Morgan fingerprint density at radius 3 is 1.42 bits per heavy atom. The van der Waals surface area contributed by atoms with Crippen molar-refractivity contribution in [2.45, 2.75) is 66.2 Å². The van der Waals surface area contributed by atoms with Gasteiger partial charge in [-0.05, 0) is 98.0 Å². The predicted octanol–water partition coefficient (Wildman–Crippen LogP) is 4.31. The average molecular weight is 333 g/mol. The maximum absolute atomic E-state index is 3.76. The first kappa shape index (κ1) is 17.3. The molecule has 6 saturated carbocycles. The Hall–Kier alpha value is -0.0800. The lowest BCUT2D eigenvalue weighted by Crippen LogP contribution is -2.55. The summed E-state index contributed by atoms with van der Waals surface area (Å²) in [4.78, 5) is 0. The Balaban J connectivity index is 1.10. The van der Waals surface area contributed by atoms with E-state index in [1.807, 2.05) is 0 Å². The molecule has 0 radical (unpaired) electrons. The summed E-state index contributed by atoms with van der Waals surface area (Å²) in [6.45, 7) is 14.8. The van der Waals surface area contributed by atoms with Crippen LogP contribution in [0.2, 0.25) is 0 Å². The minimum Gasteiger partial charge on any atom is -0.315 e. The molecule has 0 heterocycles. The van der Waals surface area contributed by atoms with Gasteiger partial charge < -0.3 is 10.6 Å². The molecule has 6 aliphatic rings. The molecule has 6 fully saturated rings. The van der Waals surface area contributed by atoms with Crippen molar-refractivity contribution in [1.82, 2.24) is 10.6 Å². The van der Waals surface area contributed by atoms with E-state index in [2.05, 4.69) is 38.3 Å². The monoisotopic (exact) mass is 332 g/mol. The van der Waals surface area contributed by atoms with E-state index in [1.54, 1.807) is 0 Å². The van der Waals surface area contributed by atoms with Crippen LogP contribution >= 0.6 is 0 Å². The Morgan fingerprint density at radius 2 is 1.08 bits per heavy atom. The van der Waals surface area contributed by atoms with Gasteiger partial charge in [0.25, 0.3) is 0 Å². The number of rotatable bonds is 7. The van der Waals surface area contributed by atoms with Crippen molar-refractivity contribution in [1.29, 1.82) is 0 Å². The summed E-state index contributed by atoms with van der Waals surface area (Å²) in [5.74, 6) is 5.94. The van der Waals surface area contributed by atoms with Gasteiger partial charge in [-0.1, -0.05) is 27.7 Å². The van der Waals surface area contributed by atoms with Gasteiger partial charge in [0.1, 0.15) is 0 Å². The van der Waals surface area contributed by atoms with Gasteiger partial charge >= 0.3 is 0 Å². The second kappa shape index (κ2) is 6.27. The molecule has 138 valence electrons. The predicted molar refractivity (Wildman–Crippen MR) is 102 cm³/mol. The van der Waals surface area contributed by atoms with Gasteiger partial charge in [-0.15, -0.1) is 0 Å². The van der Waals surface area contributed by atoms with Crippen molar-refractivity contribution in [3.8, 4) is 0 Å². The molecular weight excluding hydrogens is 292 g/mol. The van der Waals surface area contributed by atoms with Gasteiger partial charge in [-0.25, -0.2) is 0 Å². The molecule has 2 N–H and O–H groups in total. The first-order valence-corrected chi connectivity index (χ1v) is 10.8. The van der Waals surface area contributed by atoms with E-state index in [-0.39, 0.29) is 0 Å². The molecule has 2 nitrogen and oxygen atoms in total. The fourth-order valence-electron chi connectivity index (χ4n) is 7.17. The normalized spacial score (nSPS) is 44.5. The number of hydrogen-bond acceptors (Lipinski definition) is 2. The second-order valence-electron chi connectivity index (χ2n) is 10.8. The van der Waals surface area contributed by atoms with Gasteiger partial charge in [-0.2, -0.15) is 0 Å². The first-order valence-electron chi connectivity index (χ1n) is 10.8. The topological polar surface area (TPSA) is 24.1 Å². The van der Waals surface area contributed by atoms with Crippen LogP contribution in [-0.4, -0.2) is 26.2 Å². The minimum atomic E-state index is 0.636. The molecule has 6 rings (SSSR count). The number of nitrogens with one attached hydrogen (secondary N) is 2. The third-order valence-electron chi connectivity index (χ3n) is 9.29. The van der Waals surface area contributed by atoms with Crippen molar-refractivity contribution in [3.05, 3.63) is 0 Å². The van der Waals surface area contributed by atoms with Crippen LogP contribution in [-0.2, 0) is 0 Å². The third kappa shape index (κ3) is 2.76. The molecular formula is C22H40N2. The molecule has 24 heavy (non-hydrogen) atoms. The highest BCUT2D eigenvalue weighted by atomic mass is 14.9. The fourth-order valence-corrected chi connectivity index (χ4v) is 7.17. The van der Waals surface area contributed by atoms with E-state index in [0.717, 1.165) is 48.6 Å². The van der Waals surface area contributed by atoms with Crippen LogP contribution in [0, 0.1) is 46.3 Å². The molecule has 0 amide bonds.